The summed E-state index contributed by atoms with van der Waals surface area (Å²) in [5, 5.41) is 11.2. The Hall–Kier alpha value is -2.13. The van der Waals surface area contributed by atoms with E-state index in [1.54, 1.807) is 30.3 Å². The second-order valence-corrected chi connectivity index (χ2v) is 10.1. The smallest absolute Gasteiger partial charge is 0.253 e. The highest BCUT2D eigenvalue weighted by atomic mass is 35.5. The van der Waals surface area contributed by atoms with Gasteiger partial charge in [0.05, 0.1) is 16.3 Å². The van der Waals surface area contributed by atoms with Gasteiger partial charge in [-0.15, -0.1) is 0 Å². The average molecular weight is 486 g/mol. The quantitative estimate of drug-likeness (QED) is 0.504. The van der Waals surface area contributed by atoms with E-state index in [0.29, 0.717) is 17.0 Å². The first-order chi connectivity index (χ1) is 14.4. The topological polar surface area (TPSA) is 118 Å². The normalized spacial score (nSPS) is 12.5. The Morgan fingerprint density at radius 1 is 1.03 bits per heavy atom. The fourth-order valence-corrected chi connectivity index (χ4v) is 4.06. The van der Waals surface area contributed by atoms with Crippen molar-refractivity contribution < 1.29 is 18.0 Å². The van der Waals surface area contributed by atoms with E-state index >= 15 is 0 Å². The molecule has 0 bridgehead atoms. The summed E-state index contributed by atoms with van der Waals surface area (Å²) >= 11 is 12.0. The first-order valence-corrected chi connectivity index (χ1v) is 12.0. The third kappa shape index (κ3) is 8.49. The zero-order valence-corrected chi connectivity index (χ0v) is 19.5. The molecule has 2 aromatic carbocycles. The maximum atomic E-state index is 12.7. The third-order valence-corrected chi connectivity index (χ3v) is 5.65. The summed E-state index contributed by atoms with van der Waals surface area (Å²) in [6.45, 7) is 4.12. The van der Waals surface area contributed by atoms with Crippen LogP contribution in [0.5, 0.6) is 0 Å². The lowest BCUT2D eigenvalue weighted by Gasteiger charge is -2.20. The van der Waals surface area contributed by atoms with Crippen molar-refractivity contribution in [3.05, 3.63) is 69.2 Å². The number of carbonyl (C=O) groups is 2. The van der Waals surface area contributed by atoms with Crippen LogP contribution in [0.1, 0.15) is 41.8 Å². The van der Waals surface area contributed by atoms with Crippen LogP contribution >= 0.6 is 23.2 Å². The molecule has 31 heavy (non-hydrogen) atoms. The van der Waals surface area contributed by atoms with Gasteiger partial charge in [0, 0.05) is 11.6 Å². The first kappa shape index (κ1) is 25.1. The van der Waals surface area contributed by atoms with Crippen LogP contribution in [-0.4, -0.2) is 26.3 Å². The maximum Gasteiger partial charge on any atom is 0.253 e. The molecule has 10 heteroatoms. The number of halogens is 2. The van der Waals surface area contributed by atoms with Crippen LogP contribution in [-0.2, 0) is 27.1 Å². The summed E-state index contributed by atoms with van der Waals surface area (Å²) < 4.78 is 22.3. The molecule has 4 N–H and O–H groups in total. The number of benzene rings is 2. The molecule has 168 valence electrons. The van der Waals surface area contributed by atoms with Crippen molar-refractivity contribution in [2.45, 2.75) is 38.6 Å². The molecule has 0 aliphatic rings. The molecule has 0 aliphatic heterocycles. The fraction of sp³-hybridized carbons (Fsp3) is 0.333. The number of nitrogens with two attached hydrogens (primary N) is 1. The minimum absolute atomic E-state index is 0.161. The van der Waals surface area contributed by atoms with Crippen LogP contribution in [0.4, 0.5) is 0 Å². The molecule has 2 aromatic rings. The summed E-state index contributed by atoms with van der Waals surface area (Å²) in [6.07, 6.45) is 0.441. The molecule has 2 rings (SSSR count). The molecule has 0 saturated carbocycles. The molecule has 0 aromatic heterocycles. The molecule has 0 radical (unpaired) electrons. The Morgan fingerprint density at radius 2 is 1.65 bits per heavy atom. The van der Waals surface area contributed by atoms with Gasteiger partial charge in [0.2, 0.25) is 15.9 Å². The van der Waals surface area contributed by atoms with Crippen LogP contribution < -0.4 is 15.8 Å². The Morgan fingerprint density at radius 3 is 2.19 bits per heavy atom. The molecule has 7 nitrogen and oxygen atoms in total. The summed E-state index contributed by atoms with van der Waals surface area (Å²) in [5.41, 5.74) is 1.57. The van der Waals surface area contributed by atoms with Gasteiger partial charge in [-0.2, -0.15) is 0 Å². The van der Waals surface area contributed by atoms with Crippen LogP contribution in [0.2, 0.25) is 10.0 Å². The second kappa shape index (κ2) is 10.9. The van der Waals surface area contributed by atoms with Gasteiger partial charge in [-0.05, 0) is 41.7 Å². The third-order valence-electron chi connectivity index (χ3n) is 4.36. The Bertz CT molecular complexity index is 1040. The number of amides is 2. The van der Waals surface area contributed by atoms with E-state index in [-0.39, 0.29) is 34.7 Å². The van der Waals surface area contributed by atoms with E-state index in [4.69, 9.17) is 28.3 Å². The Labute approximate surface area is 192 Å². The van der Waals surface area contributed by atoms with E-state index in [2.05, 4.69) is 10.6 Å². The van der Waals surface area contributed by atoms with Crippen LogP contribution in [0.25, 0.3) is 0 Å². The van der Waals surface area contributed by atoms with Crippen molar-refractivity contribution in [1.82, 2.24) is 10.6 Å². The summed E-state index contributed by atoms with van der Waals surface area (Å²) in [5.74, 6) is -0.889. The van der Waals surface area contributed by atoms with E-state index in [0.717, 1.165) is 5.56 Å². The number of carbonyl (C=O) groups excluding carboxylic acids is 2. The molecular weight excluding hydrogens is 461 g/mol. The maximum absolute atomic E-state index is 12.7. The van der Waals surface area contributed by atoms with Gasteiger partial charge in [-0.3, -0.25) is 9.59 Å². The zero-order valence-electron chi connectivity index (χ0n) is 17.2. The molecule has 0 fully saturated rings. The minimum Gasteiger partial charge on any atom is -0.350 e. The molecule has 0 spiro atoms. The summed E-state index contributed by atoms with van der Waals surface area (Å²) in [4.78, 5) is 25.4. The SMILES string of the molecule is CC(C)C[C@H](NC(=O)c1ccc(Cl)cc1Cl)C(=O)NCc1ccc(CS(N)(=O)=O)cc1. The minimum atomic E-state index is -3.61. The Kier molecular flexibility index (Phi) is 8.88. The molecule has 0 heterocycles. The molecule has 0 saturated heterocycles. The summed E-state index contributed by atoms with van der Waals surface area (Å²) in [7, 11) is -3.61. The van der Waals surface area contributed by atoms with Crippen molar-refractivity contribution in [2.75, 3.05) is 0 Å². The van der Waals surface area contributed by atoms with Gasteiger partial charge in [0.15, 0.2) is 0 Å². The van der Waals surface area contributed by atoms with Gasteiger partial charge >= 0.3 is 0 Å². The number of nitrogens with one attached hydrogen (secondary N) is 2. The molecule has 2 amide bonds. The van der Waals surface area contributed by atoms with Crippen molar-refractivity contribution in [3.63, 3.8) is 0 Å². The fourth-order valence-electron chi connectivity index (χ4n) is 2.91. The Balaban J connectivity index is 2.03. The van der Waals surface area contributed by atoms with Gasteiger partial charge in [0.1, 0.15) is 6.04 Å². The van der Waals surface area contributed by atoms with Gasteiger partial charge in [-0.25, -0.2) is 13.6 Å². The zero-order chi connectivity index (χ0) is 23.2. The number of primary sulfonamides is 1. The molecular formula is C21H25Cl2N3O4S. The highest BCUT2D eigenvalue weighted by Crippen LogP contribution is 2.21. The highest BCUT2D eigenvalue weighted by molar-refractivity contribution is 7.88. The lowest BCUT2D eigenvalue weighted by Crippen LogP contribution is -2.47. The molecule has 1 atom stereocenters. The second-order valence-electron chi connectivity index (χ2n) is 7.62. The number of rotatable bonds is 9. The largest absolute Gasteiger partial charge is 0.350 e. The summed E-state index contributed by atoms with van der Waals surface area (Å²) in [6, 6.07) is 10.5. The van der Waals surface area contributed by atoms with Crippen molar-refractivity contribution >= 4 is 45.0 Å². The lowest BCUT2D eigenvalue weighted by atomic mass is 10.0. The van der Waals surface area contributed by atoms with E-state index in [9.17, 15) is 18.0 Å². The van der Waals surface area contributed by atoms with Crippen LogP contribution in [0.15, 0.2) is 42.5 Å². The number of hydrogen-bond acceptors (Lipinski definition) is 4. The monoisotopic (exact) mass is 485 g/mol. The van der Waals surface area contributed by atoms with E-state index in [1.807, 2.05) is 13.8 Å². The predicted octanol–water partition coefficient (Wildman–Crippen LogP) is 3.24. The van der Waals surface area contributed by atoms with Crippen molar-refractivity contribution in [2.24, 2.45) is 11.1 Å². The standard InChI is InChI=1S/C21H25Cl2N3O4S/c1-13(2)9-19(26-20(27)17-8-7-16(22)10-18(17)23)21(28)25-11-14-3-5-15(6-4-14)12-31(24,29)30/h3-8,10,13,19H,9,11-12H2,1-2H3,(H,25,28)(H,26,27)(H2,24,29,30)/t19-/m0/s1. The van der Waals surface area contributed by atoms with Crippen molar-refractivity contribution in [1.29, 1.82) is 0 Å². The highest BCUT2D eigenvalue weighted by Gasteiger charge is 2.23. The number of hydrogen-bond donors (Lipinski definition) is 3. The van der Waals surface area contributed by atoms with Crippen LogP contribution in [0.3, 0.4) is 0 Å². The van der Waals surface area contributed by atoms with Gasteiger partial charge in [-0.1, -0.05) is 61.3 Å². The number of sulfonamides is 1. The predicted molar refractivity (Wildman–Crippen MR) is 122 cm³/mol. The van der Waals surface area contributed by atoms with Gasteiger partial charge < -0.3 is 10.6 Å². The van der Waals surface area contributed by atoms with E-state index < -0.39 is 22.0 Å². The first-order valence-electron chi connectivity index (χ1n) is 9.56. The lowest BCUT2D eigenvalue weighted by molar-refractivity contribution is -0.123. The van der Waals surface area contributed by atoms with Crippen LogP contribution in [0, 0.1) is 5.92 Å². The van der Waals surface area contributed by atoms with E-state index in [1.165, 1.54) is 12.1 Å². The molecule has 0 aliphatic carbocycles. The van der Waals surface area contributed by atoms with Gasteiger partial charge in [0.25, 0.3) is 5.91 Å². The van der Waals surface area contributed by atoms with Crippen molar-refractivity contribution in [3.8, 4) is 0 Å². The molecule has 0 unspecified atom stereocenters. The average Bonchev–Trinajstić information content (AvgIpc) is 2.65.